The molecule has 140 valence electrons. The largest absolute Gasteiger partial charge is 0.361 e. The molecule has 0 bridgehead atoms. The van der Waals surface area contributed by atoms with E-state index in [2.05, 4.69) is 14.7 Å². The van der Waals surface area contributed by atoms with Gasteiger partial charge in [0, 0.05) is 47.1 Å². The summed E-state index contributed by atoms with van der Waals surface area (Å²) in [6, 6.07) is 11.6. The molecule has 8 nitrogen and oxygen atoms in total. The van der Waals surface area contributed by atoms with Crippen LogP contribution in [0, 0.1) is 17.0 Å². The highest BCUT2D eigenvalue weighted by atomic mass is 32.2. The van der Waals surface area contributed by atoms with Crippen molar-refractivity contribution >= 4 is 32.8 Å². The van der Waals surface area contributed by atoms with Crippen LogP contribution in [0.3, 0.4) is 0 Å². The Morgan fingerprint density at radius 2 is 2.04 bits per heavy atom. The van der Waals surface area contributed by atoms with Crippen LogP contribution in [0.15, 0.2) is 58.5 Å². The van der Waals surface area contributed by atoms with Crippen LogP contribution in [0.2, 0.25) is 0 Å². The maximum atomic E-state index is 12.3. The van der Waals surface area contributed by atoms with E-state index in [1.165, 1.54) is 12.1 Å². The number of nitro groups is 1. The average molecular weight is 386 g/mol. The van der Waals surface area contributed by atoms with Gasteiger partial charge < -0.3 is 4.98 Å². The summed E-state index contributed by atoms with van der Waals surface area (Å²) in [6.07, 6.45) is 3.52. The molecule has 3 aromatic rings. The van der Waals surface area contributed by atoms with Crippen molar-refractivity contribution in [2.75, 3.05) is 13.1 Å². The highest BCUT2D eigenvalue weighted by Crippen LogP contribution is 2.22. The van der Waals surface area contributed by atoms with Gasteiger partial charge in [-0.15, -0.1) is 0 Å². The lowest BCUT2D eigenvalue weighted by Crippen LogP contribution is -2.26. The minimum absolute atomic E-state index is 0.0862. The fraction of sp³-hybridized carbons (Fsp3) is 0.167. The van der Waals surface area contributed by atoms with Crippen LogP contribution in [-0.2, 0) is 10.0 Å². The van der Waals surface area contributed by atoms with E-state index in [9.17, 15) is 18.5 Å². The van der Waals surface area contributed by atoms with Crippen molar-refractivity contribution in [3.8, 4) is 0 Å². The summed E-state index contributed by atoms with van der Waals surface area (Å²) in [5.74, 6) is 0. The molecule has 0 amide bonds. The number of hydrogen-bond acceptors (Lipinski definition) is 5. The zero-order chi connectivity index (χ0) is 19.4. The molecule has 2 N–H and O–H groups in total. The van der Waals surface area contributed by atoms with Crippen LogP contribution in [0.5, 0.6) is 0 Å². The highest BCUT2D eigenvalue weighted by Gasteiger charge is 2.19. The average Bonchev–Trinajstić information content (AvgIpc) is 3.04. The summed E-state index contributed by atoms with van der Waals surface area (Å²) < 4.78 is 27.0. The van der Waals surface area contributed by atoms with Gasteiger partial charge in [0.1, 0.15) is 0 Å². The lowest BCUT2D eigenvalue weighted by Gasteiger charge is -2.06. The fourth-order valence-corrected chi connectivity index (χ4v) is 3.69. The number of aromatic amines is 1. The predicted molar refractivity (Wildman–Crippen MR) is 104 cm³/mol. The first-order chi connectivity index (χ1) is 12.9. The highest BCUT2D eigenvalue weighted by molar-refractivity contribution is 7.89. The maximum absolute atomic E-state index is 12.3. The molecule has 0 saturated carbocycles. The van der Waals surface area contributed by atoms with Gasteiger partial charge in [0.2, 0.25) is 10.0 Å². The molecule has 0 aliphatic rings. The molecule has 2 aromatic carbocycles. The minimum atomic E-state index is -3.84. The van der Waals surface area contributed by atoms with Crippen LogP contribution >= 0.6 is 0 Å². The van der Waals surface area contributed by atoms with Gasteiger partial charge in [0.15, 0.2) is 0 Å². The van der Waals surface area contributed by atoms with E-state index in [-0.39, 0.29) is 23.7 Å². The number of fused-ring (bicyclic) bond motifs is 1. The summed E-state index contributed by atoms with van der Waals surface area (Å²) in [7, 11) is -3.84. The van der Waals surface area contributed by atoms with Crippen LogP contribution in [0.4, 0.5) is 5.69 Å². The Hall–Kier alpha value is -3.04. The zero-order valence-corrected chi connectivity index (χ0v) is 15.4. The van der Waals surface area contributed by atoms with Crippen LogP contribution in [0.25, 0.3) is 10.9 Å². The second kappa shape index (κ2) is 7.68. The van der Waals surface area contributed by atoms with E-state index in [4.69, 9.17) is 0 Å². The molecule has 0 fully saturated rings. The molecule has 27 heavy (non-hydrogen) atoms. The molecule has 0 spiro atoms. The molecule has 0 atom stereocenters. The van der Waals surface area contributed by atoms with Gasteiger partial charge in [0.05, 0.1) is 16.4 Å². The van der Waals surface area contributed by atoms with Crippen LogP contribution < -0.4 is 4.72 Å². The Labute approximate surface area is 156 Å². The SMILES string of the molecule is Cc1ccc(S(=O)(=O)NCCN=Cc2c[nH]c3ccccc23)cc1[N+](=O)[O-]. The van der Waals surface area contributed by atoms with E-state index in [1.807, 2.05) is 30.5 Å². The first kappa shape index (κ1) is 18.7. The van der Waals surface area contributed by atoms with Gasteiger partial charge in [-0.2, -0.15) is 0 Å². The second-order valence-corrected chi connectivity index (χ2v) is 7.70. The van der Waals surface area contributed by atoms with Gasteiger partial charge in [-0.3, -0.25) is 15.1 Å². The van der Waals surface area contributed by atoms with E-state index in [1.54, 1.807) is 13.1 Å². The third-order valence-corrected chi connectivity index (χ3v) is 5.53. The quantitative estimate of drug-likeness (QED) is 0.281. The number of nitrogens with zero attached hydrogens (tertiary/aromatic N) is 2. The minimum Gasteiger partial charge on any atom is -0.361 e. The van der Waals surface area contributed by atoms with Gasteiger partial charge in [-0.1, -0.05) is 24.3 Å². The third kappa shape index (κ3) is 4.21. The van der Waals surface area contributed by atoms with E-state index in [0.29, 0.717) is 5.56 Å². The third-order valence-electron chi connectivity index (χ3n) is 4.07. The standard InChI is InChI=1S/C18H18N4O4S/c1-13-6-7-15(10-18(13)22(23)24)27(25,26)21-9-8-19-11-14-12-20-17-5-3-2-4-16(14)17/h2-7,10-12,20-21H,8-9H2,1H3. The normalized spacial score (nSPS) is 12.0. The fourth-order valence-electron chi connectivity index (χ4n) is 2.64. The number of aromatic nitrogens is 1. The Morgan fingerprint density at radius 3 is 2.81 bits per heavy atom. The number of nitro benzene ring substituents is 1. The number of aliphatic imine (C=N–C) groups is 1. The van der Waals surface area contributed by atoms with E-state index in [0.717, 1.165) is 22.5 Å². The van der Waals surface area contributed by atoms with Crippen molar-refractivity contribution in [1.29, 1.82) is 0 Å². The maximum Gasteiger partial charge on any atom is 0.273 e. The number of benzene rings is 2. The number of rotatable bonds is 7. The molecule has 3 rings (SSSR count). The van der Waals surface area contributed by atoms with Gasteiger partial charge in [-0.05, 0) is 19.1 Å². The van der Waals surface area contributed by atoms with Crippen molar-refractivity contribution < 1.29 is 13.3 Å². The summed E-state index contributed by atoms with van der Waals surface area (Å²) >= 11 is 0. The monoisotopic (exact) mass is 386 g/mol. The summed E-state index contributed by atoms with van der Waals surface area (Å²) in [4.78, 5) is 17.6. The van der Waals surface area contributed by atoms with Crippen molar-refractivity contribution in [1.82, 2.24) is 9.71 Å². The lowest BCUT2D eigenvalue weighted by atomic mass is 10.2. The Kier molecular flexibility index (Phi) is 5.33. The van der Waals surface area contributed by atoms with Gasteiger partial charge >= 0.3 is 0 Å². The Balaban J connectivity index is 1.63. The number of H-pyrrole nitrogens is 1. The first-order valence-electron chi connectivity index (χ1n) is 8.19. The molecular weight excluding hydrogens is 368 g/mol. The lowest BCUT2D eigenvalue weighted by molar-refractivity contribution is -0.385. The van der Waals surface area contributed by atoms with Crippen molar-refractivity contribution in [2.24, 2.45) is 4.99 Å². The molecule has 0 saturated heterocycles. The van der Waals surface area contributed by atoms with Crippen molar-refractivity contribution in [3.63, 3.8) is 0 Å². The topological polar surface area (TPSA) is 117 Å². The summed E-state index contributed by atoms with van der Waals surface area (Å²) in [6.45, 7) is 1.89. The smallest absolute Gasteiger partial charge is 0.273 e. The molecule has 0 aliphatic heterocycles. The van der Waals surface area contributed by atoms with E-state index >= 15 is 0 Å². The van der Waals surface area contributed by atoms with Crippen molar-refractivity contribution in [2.45, 2.75) is 11.8 Å². The predicted octanol–water partition coefficient (Wildman–Crippen LogP) is 2.78. The molecule has 1 heterocycles. The molecule has 1 aromatic heterocycles. The van der Waals surface area contributed by atoms with Gasteiger partial charge in [-0.25, -0.2) is 13.1 Å². The second-order valence-electron chi connectivity index (χ2n) is 5.93. The molecule has 0 aliphatic carbocycles. The van der Waals surface area contributed by atoms with Gasteiger partial charge in [0.25, 0.3) is 5.69 Å². The first-order valence-corrected chi connectivity index (χ1v) is 9.67. The van der Waals surface area contributed by atoms with Crippen LogP contribution in [-0.4, -0.2) is 37.6 Å². The van der Waals surface area contributed by atoms with Crippen molar-refractivity contribution in [3.05, 3.63) is 69.9 Å². The van der Waals surface area contributed by atoms with Crippen LogP contribution in [0.1, 0.15) is 11.1 Å². The summed E-state index contributed by atoms with van der Waals surface area (Å²) in [5, 5.41) is 12.0. The summed E-state index contributed by atoms with van der Waals surface area (Å²) in [5.41, 5.74) is 2.10. The Bertz CT molecular complexity index is 1120. The number of para-hydroxylation sites is 1. The van der Waals surface area contributed by atoms with E-state index < -0.39 is 14.9 Å². The molecule has 0 radical (unpaired) electrons. The number of sulfonamides is 1. The Morgan fingerprint density at radius 1 is 1.26 bits per heavy atom. The number of aryl methyl sites for hydroxylation is 1. The molecule has 0 unspecified atom stereocenters. The number of hydrogen-bond donors (Lipinski definition) is 2. The zero-order valence-electron chi connectivity index (χ0n) is 14.5. The number of nitrogens with one attached hydrogen (secondary N) is 2. The molecule has 9 heteroatoms. The molecular formula is C18H18N4O4S.